The first-order chi connectivity index (χ1) is 9.87. The standard InChI is InChI=1S/C15H19N5/c1-2-5-11(6-3-1)12-9-13(12)16-10-15(7-4-8-15)14-17-19-20-18-14/h1-3,5-6,12-13,16H,4,7-10H2,(H,17,18,19,20)/t12?,13-/m0/s1. The predicted octanol–water partition coefficient (Wildman–Crippen LogP) is 1.77. The van der Waals surface area contributed by atoms with Gasteiger partial charge < -0.3 is 5.32 Å². The number of tetrazole rings is 1. The molecular formula is C15H19N5. The molecule has 0 saturated heterocycles. The smallest absolute Gasteiger partial charge is 0.181 e. The Morgan fingerprint density at radius 3 is 2.75 bits per heavy atom. The average molecular weight is 269 g/mol. The van der Waals surface area contributed by atoms with Crippen LogP contribution in [0.5, 0.6) is 0 Å². The van der Waals surface area contributed by atoms with Crippen molar-refractivity contribution in [3.8, 4) is 0 Å². The van der Waals surface area contributed by atoms with E-state index in [2.05, 4.69) is 56.3 Å². The monoisotopic (exact) mass is 269 g/mol. The molecule has 2 aromatic rings. The van der Waals surface area contributed by atoms with Gasteiger partial charge in [0.2, 0.25) is 0 Å². The largest absolute Gasteiger partial charge is 0.312 e. The number of nitrogens with zero attached hydrogens (tertiary/aromatic N) is 3. The lowest BCUT2D eigenvalue weighted by Crippen LogP contribution is -2.45. The molecule has 0 aliphatic heterocycles. The van der Waals surface area contributed by atoms with Gasteiger partial charge in [-0.15, -0.1) is 10.2 Å². The molecule has 104 valence electrons. The van der Waals surface area contributed by atoms with E-state index < -0.39 is 0 Å². The van der Waals surface area contributed by atoms with Gasteiger partial charge in [0.05, 0.1) is 0 Å². The summed E-state index contributed by atoms with van der Waals surface area (Å²) in [6, 6.07) is 11.4. The SMILES string of the molecule is c1ccc(C2C[C@@H]2NCC2(c3nn[nH]n3)CCC2)cc1. The number of aromatic amines is 1. The van der Waals surface area contributed by atoms with E-state index in [-0.39, 0.29) is 5.41 Å². The van der Waals surface area contributed by atoms with Crippen LogP contribution in [0.25, 0.3) is 0 Å². The zero-order chi connectivity index (χ0) is 13.4. The lowest BCUT2D eigenvalue weighted by atomic mass is 9.68. The van der Waals surface area contributed by atoms with Crippen LogP contribution in [-0.4, -0.2) is 33.2 Å². The number of H-pyrrole nitrogens is 1. The third kappa shape index (κ3) is 2.02. The molecule has 0 spiro atoms. The molecule has 1 aromatic carbocycles. The number of nitrogens with one attached hydrogen (secondary N) is 2. The number of hydrogen-bond donors (Lipinski definition) is 2. The lowest BCUT2D eigenvalue weighted by Gasteiger charge is -2.39. The predicted molar refractivity (Wildman–Crippen MR) is 75.3 cm³/mol. The zero-order valence-corrected chi connectivity index (χ0v) is 11.4. The van der Waals surface area contributed by atoms with E-state index in [4.69, 9.17) is 0 Å². The summed E-state index contributed by atoms with van der Waals surface area (Å²) in [6.45, 7) is 0.973. The summed E-state index contributed by atoms with van der Waals surface area (Å²) in [5.41, 5.74) is 1.57. The Hall–Kier alpha value is -1.75. The molecule has 1 heterocycles. The first-order valence-corrected chi connectivity index (χ1v) is 7.40. The topological polar surface area (TPSA) is 66.5 Å². The van der Waals surface area contributed by atoms with Gasteiger partial charge in [-0.1, -0.05) is 42.0 Å². The number of benzene rings is 1. The van der Waals surface area contributed by atoms with Crippen molar-refractivity contribution in [2.24, 2.45) is 0 Å². The maximum Gasteiger partial charge on any atom is 0.181 e. The molecule has 0 radical (unpaired) electrons. The minimum absolute atomic E-state index is 0.122. The summed E-state index contributed by atoms with van der Waals surface area (Å²) in [6.07, 6.45) is 4.85. The first-order valence-electron chi connectivity index (χ1n) is 7.40. The molecule has 2 aliphatic rings. The van der Waals surface area contributed by atoms with Crippen molar-refractivity contribution in [1.82, 2.24) is 25.9 Å². The van der Waals surface area contributed by atoms with Crippen molar-refractivity contribution in [1.29, 1.82) is 0 Å². The number of aromatic nitrogens is 4. The Labute approximate surface area is 118 Å². The van der Waals surface area contributed by atoms with Gasteiger partial charge in [-0.25, -0.2) is 0 Å². The summed E-state index contributed by atoms with van der Waals surface area (Å²) >= 11 is 0. The van der Waals surface area contributed by atoms with E-state index >= 15 is 0 Å². The van der Waals surface area contributed by atoms with Crippen molar-refractivity contribution in [2.75, 3.05) is 6.54 Å². The Kier molecular flexibility index (Phi) is 2.80. The fraction of sp³-hybridized carbons (Fsp3) is 0.533. The van der Waals surface area contributed by atoms with Crippen molar-refractivity contribution in [3.63, 3.8) is 0 Å². The Balaban J connectivity index is 1.38. The highest BCUT2D eigenvalue weighted by Crippen LogP contribution is 2.44. The van der Waals surface area contributed by atoms with Gasteiger partial charge in [0.25, 0.3) is 0 Å². The summed E-state index contributed by atoms with van der Waals surface area (Å²) < 4.78 is 0. The van der Waals surface area contributed by atoms with Crippen molar-refractivity contribution < 1.29 is 0 Å². The number of rotatable bonds is 5. The Bertz CT molecular complexity index is 561. The fourth-order valence-corrected chi connectivity index (χ4v) is 3.29. The number of hydrogen-bond acceptors (Lipinski definition) is 4. The fourth-order valence-electron chi connectivity index (χ4n) is 3.29. The average Bonchev–Trinajstić information content (AvgIpc) is 3.01. The second kappa shape index (κ2) is 4.66. The van der Waals surface area contributed by atoms with Crippen LogP contribution in [0, 0.1) is 0 Å². The van der Waals surface area contributed by atoms with E-state index in [0.717, 1.165) is 12.4 Å². The van der Waals surface area contributed by atoms with Gasteiger partial charge >= 0.3 is 0 Å². The molecule has 0 bridgehead atoms. The van der Waals surface area contributed by atoms with Crippen LogP contribution in [0.3, 0.4) is 0 Å². The second-order valence-corrected chi connectivity index (χ2v) is 6.11. The highest BCUT2D eigenvalue weighted by molar-refractivity contribution is 5.28. The van der Waals surface area contributed by atoms with E-state index in [1.54, 1.807) is 0 Å². The summed E-state index contributed by atoms with van der Waals surface area (Å²) in [5.74, 6) is 1.56. The molecule has 2 aliphatic carbocycles. The molecule has 1 unspecified atom stereocenters. The van der Waals surface area contributed by atoms with Gasteiger partial charge in [-0.2, -0.15) is 5.21 Å². The first kappa shape index (κ1) is 12.0. The van der Waals surface area contributed by atoms with E-state index in [0.29, 0.717) is 12.0 Å². The van der Waals surface area contributed by atoms with Crippen LogP contribution < -0.4 is 5.32 Å². The molecule has 2 fully saturated rings. The molecule has 20 heavy (non-hydrogen) atoms. The third-order valence-electron chi connectivity index (χ3n) is 4.85. The molecular weight excluding hydrogens is 250 g/mol. The maximum atomic E-state index is 4.20. The van der Waals surface area contributed by atoms with Crippen LogP contribution in [0.1, 0.15) is 43.0 Å². The highest BCUT2D eigenvalue weighted by Gasteiger charge is 2.45. The minimum Gasteiger partial charge on any atom is -0.312 e. The maximum absolute atomic E-state index is 4.20. The lowest BCUT2D eigenvalue weighted by molar-refractivity contribution is 0.219. The van der Waals surface area contributed by atoms with Crippen LogP contribution in [0.2, 0.25) is 0 Å². The third-order valence-corrected chi connectivity index (χ3v) is 4.85. The summed E-state index contributed by atoms with van der Waals surface area (Å²) in [5, 5.41) is 18.4. The molecule has 1 aromatic heterocycles. The van der Waals surface area contributed by atoms with E-state index in [1.165, 1.54) is 31.2 Å². The van der Waals surface area contributed by atoms with E-state index in [1.807, 2.05) is 0 Å². The molecule has 5 heteroatoms. The van der Waals surface area contributed by atoms with Crippen LogP contribution in [0.15, 0.2) is 30.3 Å². The molecule has 0 amide bonds. The van der Waals surface area contributed by atoms with Crippen LogP contribution in [-0.2, 0) is 5.41 Å². The molecule has 2 N–H and O–H groups in total. The van der Waals surface area contributed by atoms with Gasteiger partial charge in [0.1, 0.15) is 0 Å². The Morgan fingerprint density at radius 1 is 1.25 bits per heavy atom. The molecule has 5 nitrogen and oxygen atoms in total. The zero-order valence-electron chi connectivity index (χ0n) is 11.4. The van der Waals surface area contributed by atoms with Gasteiger partial charge in [0.15, 0.2) is 5.82 Å². The summed E-state index contributed by atoms with van der Waals surface area (Å²) in [4.78, 5) is 0. The van der Waals surface area contributed by atoms with E-state index in [9.17, 15) is 0 Å². The van der Waals surface area contributed by atoms with Gasteiger partial charge in [0, 0.05) is 23.9 Å². The highest BCUT2D eigenvalue weighted by atomic mass is 15.5. The quantitative estimate of drug-likeness (QED) is 0.868. The van der Waals surface area contributed by atoms with Gasteiger partial charge in [-0.05, 0) is 24.8 Å². The normalized spacial score (nSPS) is 27.0. The van der Waals surface area contributed by atoms with Gasteiger partial charge in [-0.3, -0.25) is 0 Å². The summed E-state index contributed by atoms with van der Waals surface area (Å²) in [7, 11) is 0. The van der Waals surface area contributed by atoms with Crippen molar-refractivity contribution in [2.45, 2.75) is 43.1 Å². The van der Waals surface area contributed by atoms with Crippen molar-refractivity contribution >= 4 is 0 Å². The molecule has 2 saturated carbocycles. The second-order valence-electron chi connectivity index (χ2n) is 6.11. The van der Waals surface area contributed by atoms with Crippen LogP contribution in [0.4, 0.5) is 0 Å². The Morgan fingerprint density at radius 2 is 2.10 bits per heavy atom. The van der Waals surface area contributed by atoms with Crippen LogP contribution >= 0.6 is 0 Å². The molecule has 2 atom stereocenters. The van der Waals surface area contributed by atoms with Crippen molar-refractivity contribution in [3.05, 3.63) is 41.7 Å². The minimum atomic E-state index is 0.122. The molecule has 4 rings (SSSR count).